The number of para-hydroxylation sites is 3. The highest BCUT2D eigenvalue weighted by atomic mass is 32.2. The predicted octanol–water partition coefficient (Wildman–Crippen LogP) is 5.52. The number of ether oxygens (including phenoxy) is 1. The van der Waals surface area contributed by atoms with E-state index in [1.165, 1.54) is 35.9 Å². The highest BCUT2D eigenvalue weighted by Gasteiger charge is 2.16. The molecule has 40 heavy (non-hydrogen) atoms. The van der Waals surface area contributed by atoms with Crippen LogP contribution in [0, 0.1) is 5.82 Å². The maximum atomic E-state index is 13.5. The Balaban J connectivity index is 1.29. The number of rotatable bonds is 8. The first-order chi connectivity index (χ1) is 19.4. The number of methoxy groups -OCH3 is 1. The third-order valence-corrected chi connectivity index (χ3v) is 6.89. The van der Waals surface area contributed by atoms with Crippen molar-refractivity contribution in [2.75, 3.05) is 23.5 Å². The normalized spacial score (nSPS) is 10.8. The van der Waals surface area contributed by atoms with Gasteiger partial charge in [-0.2, -0.15) is 0 Å². The second-order valence-corrected chi connectivity index (χ2v) is 9.54. The number of thioether (sulfide) groups is 1. The van der Waals surface area contributed by atoms with Gasteiger partial charge in [0.25, 0.3) is 11.5 Å². The average Bonchev–Trinajstić information content (AvgIpc) is 2.97. The molecule has 1 aromatic heterocycles. The third kappa shape index (κ3) is 5.87. The summed E-state index contributed by atoms with van der Waals surface area (Å²) >= 11 is 1.09. The summed E-state index contributed by atoms with van der Waals surface area (Å²) < 4.78 is 20.2. The summed E-state index contributed by atoms with van der Waals surface area (Å²) in [6.07, 6.45) is 0. The minimum atomic E-state index is -0.428. The molecule has 0 saturated carbocycles. The van der Waals surface area contributed by atoms with Crippen molar-refractivity contribution in [2.45, 2.75) is 5.16 Å². The van der Waals surface area contributed by atoms with E-state index in [1.807, 2.05) is 6.07 Å². The molecule has 10 heteroatoms. The van der Waals surface area contributed by atoms with Gasteiger partial charge in [0.2, 0.25) is 5.91 Å². The fourth-order valence-corrected chi connectivity index (χ4v) is 4.81. The number of carbonyl (C=O) groups is 2. The predicted molar refractivity (Wildman–Crippen MR) is 154 cm³/mol. The molecule has 0 fully saturated rings. The molecule has 0 atom stereocenters. The second-order valence-electron chi connectivity index (χ2n) is 8.60. The molecule has 5 aromatic rings. The van der Waals surface area contributed by atoms with Gasteiger partial charge in [0, 0.05) is 11.3 Å². The summed E-state index contributed by atoms with van der Waals surface area (Å²) in [6.45, 7) is 0. The largest absolute Gasteiger partial charge is 0.495 e. The number of carbonyl (C=O) groups excluding carboxylic acids is 2. The molecule has 2 amide bonds. The molecule has 1 heterocycles. The first-order valence-electron chi connectivity index (χ1n) is 12.2. The Morgan fingerprint density at radius 1 is 0.900 bits per heavy atom. The van der Waals surface area contributed by atoms with Gasteiger partial charge in [-0.15, -0.1) is 0 Å². The van der Waals surface area contributed by atoms with Crippen LogP contribution >= 0.6 is 11.8 Å². The summed E-state index contributed by atoms with van der Waals surface area (Å²) in [7, 11) is 1.53. The number of aromatic nitrogens is 2. The molecule has 4 aromatic carbocycles. The van der Waals surface area contributed by atoms with E-state index in [-0.39, 0.29) is 23.1 Å². The lowest BCUT2D eigenvalue weighted by Gasteiger charge is -2.13. The van der Waals surface area contributed by atoms with Crippen molar-refractivity contribution in [3.8, 4) is 11.4 Å². The molecule has 0 spiro atoms. The molecule has 200 valence electrons. The van der Waals surface area contributed by atoms with E-state index in [9.17, 15) is 18.8 Å². The topological polar surface area (TPSA) is 102 Å². The number of nitrogens with zero attached hydrogens (tertiary/aromatic N) is 2. The number of nitrogens with one attached hydrogen (secondary N) is 2. The molecular formula is C30H23FN4O4S. The fourth-order valence-electron chi connectivity index (χ4n) is 4.00. The van der Waals surface area contributed by atoms with Crippen molar-refractivity contribution in [1.82, 2.24) is 9.55 Å². The second kappa shape index (κ2) is 11.8. The standard InChI is InChI=1S/C30H23FN4O4S/c1-39-26-9-5-4-8-25(26)33-28(37)19-10-14-21(15-11-19)32-27(36)18-40-30-34-24-7-3-2-6-23(24)29(38)35(30)22-16-12-20(31)13-17-22/h2-17H,18H2,1H3,(H,32,36)(H,33,37). The smallest absolute Gasteiger partial charge is 0.266 e. The van der Waals surface area contributed by atoms with Crippen LogP contribution in [0.25, 0.3) is 16.6 Å². The van der Waals surface area contributed by atoms with Crippen molar-refractivity contribution in [1.29, 1.82) is 0 Å². The Kier molecular flexibility index (Phi) is 7.88. The lowest BCUT2D eigenvalue weighted by molar-refractivity contribution is -0.113. The molecular weight excluding hydrogens is 531 g/mol. The molecule has 0 radical (unpaired) electrons. The summed E-state index contributed by atoms with van der Waals surface area (Å²) in [6, 6.07) is 26.0. The van der Waals surface area contributed by atoms with E-state index in [0.717, 1.165) is 11.8 Å². The van der Waals surface area contributed by atoms with Gasteiger partial charge in [0.1, 0.15) is 11.6 Å². The molecule has 2 N–H and O–H groups in total. The van der Waals surface area contributed by atoms with Gasteiger partial charge in [0.05, 0.1) is 35.1 Å². The van der Waals surface area contributed by atoms with Gasteiger partial charge < -0.3 is 15.4 Å². The summed E-state index contributed by atoms with van der Waals surface area (Å²) in [5.41, 5.74) is 2.07. The molecule has 0 unspecified atom stereocenters. The Labute approximate surface area is 232 Å². The summed E-state index contributed by atoms with van der Waals surface area (Å²) in [4.78, 5) is 43.3. The number of hydrogen-bond acceptors (Lipinski definition) is 6. The van der Waals surface area contributed by atoms with Crippen LogP contribution in [0.1, 0.15) is 10.4 Å². The molecule has 0 bridgehead atoms. The van der Waals surface area contributed by atoms with Crippen LogP contribution in [0.15, 0.2) is 107 Å². The van der Waals surface area contributed by atoms with Crippen LogP contribution < -0.4 is 20.9 Å². The first kappa shape index (κ1) is 26.6. The molecule has 0 aliphatic rings. The van der Waals surface area contributed by atoms with Gasteiger partial charge in [-0.1, -0.05) is 36.0 Å². The van der Waals surface area contributed by atoms with Gasteiger partial charge in [-0.05, 0) is 72.8 Å². The number of fused-ring (bicyclic) bond motifs is 1. The van der Waals surface area contributed by atoms with E-state index >= 15 is 0 Å². The van der Waals surface area contributed by atoms with Crippen molar-refractivity contribution >= 4 is 45.9 Å². The Morgan fingerprint density at radius 2 is 1.60 bits per heavy atom. The Bertz CT molecular complexity index is 1760. The highest BCUT2D eigenvalue weighted by molar-refractivity contribution is 7.99. The number of benzene rings is 4. The van der Waals surface area contributed by atoms with Gasteiger partial charge in [-0.25, -0.2) is 9.37 Å². The van der Waals surface area contributed by atoms with Crippen LogP contribution in [-0.2, 0) is 4.79 Å². The Hall–Kier alpha value is -4.96. The van der Waals surface area contributed by atoms with Crippen LogP contribution in [0.3, 0.4) is 0 Å². The number of halogens is 1. The zero-order valence-electron chi connectivity index (χ0n) is 21.3. The molecule has 8 nitrogen and oxygen atoms in total. The van der Waals surface area contributed by atoms with Gasteiger partial charge in [-0.3, -0.25) is 19.0 Å². The number of hydrogen-bond donors (Lipinski definition) is 2. The van der Waals surface area contributed by atoms with E-state index in [0.29, 0.717) is 44.4 Å². The molecule has 0 saturated heterocycles. The summed E-state index contributed by atoms with van der Waals surface area (Å²) in [5, 5.41) is 6.31. The van der Waals surface area contributed by atoms with E-state index in [4.69, 9.17) is 4.74 Å². The zero-order chi connectivity index (χ0) is 28.1. The lowest BCUT2D eigenvalue weighted by atomic mass is 10.2. The number of anilines is 2. The summed E-state index contributed by atoms with van der Waals surface area (Å²) in [5.74, 6) is -0.573. The van der Waals surface area contributed by atoms with Crippen molar-refractivity contribution in [3.63, 3.8) is 0 Å². The fraction of sp³-hybridized carbons (Fsp3) is 0.0667. The Morgan fingerprint density at radius 3 is 2.35 bits per heavy atom. The maximum Gasteiger partial charge on any atom is 0.266 e. The van der Waals surface area contributed by atoms with Gasteiger partial charge in [0.15, 0.2) is 5.16 Å². The van der Waals surface area contributed by atoms with Crippen molar-refractivity contribution in [3.05, 3.63) is 119 Å². The van der Waals surface area contributed by atoms with Crippen LogP contribution in [0.4, 0.5) is 15.8 Å². The third-order valence-electron chi connectivity index (χ3n) is 5.95. The quantitative estimate of drug-likeness (QED) is 0.194. The molecule has 5 rings (SSSR count). The zero-order valence-corrected chi connectivity index (χ0v) is 22.1. The lowest BCUT2D eigenvalue weighted by Crippen LogP contribution is -2.23. The van der Waals surface area contributed by atoms with Crippen molar-refractivity contribution < 1.29 is 18.7 Å². The van der Waals surface area contributed by atoms with E-state index in [2.05, 4.69) is 15.6 Å². The van der Waals surface area contributed by atoms with Crippen LogP contribution in [0.2, 0.25) is 0 Å². The SMILES string of the molecule is COc1ccccc1NC(=O)c1ccc(NC(=O)CSc2nc3ccccc3c(=O)n2-c2ccc(F)cc2)cc1. The van der Waals surface area contributed by atoms with E-state index < -0.39 is 5.82 Å². The van der Waals surface area contributed by atoms with Crippen LogP contribution in [0.5, 0.6) is 5.75 Å². The highest BCUT2D eigenvalue weighted by Crippen LogP contribution is 2.25. The van der Waals surface area contributed by atoms with Crippen LogP contribution in [-0.4, -0.2) is 34.2 Å². The minimum absolute atomic E-state index is 0.0397. The van der Waals surface area contributed by atoms with Gasteiger partial charge >= 0.3 is 0 Å². The number of amides is 2. The average molecular weight is 555 g/mol. The molecule has 0 aliphatic heterocycles. The minimum Gasteiger partial charge on any atom is -0.495 e. The molecule has 0 aliphatic carbocycles. The maximum absolute atomic E-state index is 13.5. The van der Waals surface area contributed by atoms with E-state index in [1.54, 1.807) is 66.7 Å². The monoisotopic (exact) mass is 554 g/mol. The first-order valence-corrected chi connectivity index (χ1v) is 13.2. The van der Waals surface area contributed by atoms with Crippen molar-refractivity contribution in [2.24, 2.45) is 0 Å².